The fourth-order valence-corrected chi connectivity index (χ4v) is 3.32. The van der Waals surface area contributed by atoms with Gasteiger partial charge in [-0.25, -0.2) is 9.67 Å². The fourth-order valence-electron chi connectivity index (χ4n) is 3.03. The maximum absolute atomic E-state index is 6.37. The lowest BCUT2D eigenvalue weighted by Gasteiger charge is -2.16. The summed E-state index contributed by atoms with van der Waals surface area (Å²) in [7, 11) is 0. The third-order valence-electron chi connectivity index (χ3n) is 4.55. The summed E-state index contributed by atoms with van der Waals surface area (Å²) in [4.78, 5) is 3.97. The smallest absolute Gasteiger partial charge is 0.179 e. The van der Waals surface area contributed by atoms with E-state index in [9.17, 15) is 0 Å². The molecule has 0 amide bonds. The van der Waals surface area contributed by atoms with Gasteiger partial charge in [0, 0.05) is 19.0 Å². The zero-order chi connectivity index (χ0) is 18.6. The summed E-state index contributed by atoms with van der Waals surface area (Å²) in [5.41, 5.74) is 3.24. The monoisotopic (exact) mass is 384 g/mol. The molecule has 0 bridgehead atoms. The van der Waals surface area contributed by atoms with Crippen molar-refractivity contribution in [1.29, 1.82) is 0 Å². The van der Waals surface area contributed by atoms with Crippen LogP contribution in [-0.4, -0.2) is 28.0 Å². The number of rotatable bonds is 5. The third kappa shape index (κ3) is 4.07. The minimum atomic E-state index is 0.185. The lowest BCUT2D eigenvalue weighted by molar-refractivity contribution is 0.297. The first-order valence-electron chi connectivity index (χ1n) is 8.97. The lowest BCUT2D eigenvalue weighted by atomic mass is 10.1. The van der Waals surface area contributed by atoms with E-state index in [1.807, 2.05) is 24.3 Å². The summed E-state index contributed by atoms with van der Waals surface area (Å²) in [6.45, 7) is 4.10. The summed E-state index contributed by atoms with van der Waals surface area (Å²) in [5.74, 6) is 1.37. The molecule has 0 fully saturated rings. The Morgan fingerprint density at radius 2 is 2.00 bits per heavy atom. The van der Waals surface area contributed by atoms with E-state index >= 15 is 0 Å². The second kappa shape index (κ2) is 7.98. The van der Waals surface area contributed by atoms with Gasteiger partial charge in [-0.1, -0.05) is 23.7 Å². The number of benzene rings is 2. The number of halogens is 1. The van der Waals surface area contributed by atoms with Gasteiger partial charge in [0.15, 0.2) is 11.5 Å². The van der Waals surface area contributed by atoms with Crippen molar-refractivity contribution in [2.24, 2.45) is 0 Å². The molecule has 4 rings (SSSR count). The van der Waals surface area contributed by atoms with Gasteiger partial charge in [0.25, 0.3) is 0 Å². The fraction of sp³-hybridized carbons (Fsp3) is 0.300. The van der Waals surface area contributed by atoms with Crippen LogP contribution in [-0.2, 0) is 6.54 Å². The Balaban J connectivity index is 1.42. The number of nitrogens with zero attached hydrogens (tertiary/aromatic N) is 3. The molecular weight excluding hydrogens is 364 g/mol. The van der Waals surface area contributed by atoms with Crippen LogP contribution in [0.2, 0.25) is 5.02 Å². The summed E-state index contributed by atoms with van der Waals surface area (Å²) in [6.07, 6.45) is 4.07. The van der Waals surface area contributed by atoms with Gasteiger partial charge in [-0.2, -0.15) is 5.10 Å². The molecule has 3 aromatic rings. The molecule has 2 aromatic carbocycles. The highest BCUT2D eigenvalue weighted by Gasteiger charge is 2.16. The van der Waals surface area contributed by atoms with Gasteiger partial charge in [0.1, 0.15) is 12.7 Å². The molecule has 140 valence electrons. The van der Waals surface area contributed by atoms with Gasteiger partial charge >= 0.3 is 0 Å². The van der Waals surface area contributed by atoms with Crippen LogP contribution >= 0.6 is 11.6 Å². The highest BCUT2D eigenvalue weighted by molar-refractivity contribution is 6.32. The van der Waals surface area contributed by atoms with E-state index in [2.05, 4.69) is 34.5 Å². The van der Waals surface area contributed by atoms with E-state index in [-0.39, 0.29) is 6.04 Å². The molecule has 1 aliphatic heterocycles. The molecule has 1 aromatic heterocycles. The molecule has 1 aliphatic rings. The Labute approximate surface area is 163 Å². The summed E-state index contributed by atoms with van der Waals surface area (Å²) >= 11 is 6.37. The van der Waals surface area contributed by atoms with Gasteiger partial charge in [0.2, 0.25) is 0 Å². The topological polar surface area (TPSA) is 61.2 Å². The SMILES string of the molecule is CC(NCc1cc(Cl)c2c(c1)OCCCO2)c1ccc(-n2cncn2)cc1. The van der Waals surface area contributed by atoms with E-state index < -0.39 is 0 Å². The molecule has 0 spiro atoms. The maximum atomic E-state index is 6.37. The summed E-state index contributed by atoms with van der Waals surface area (Å²) in [5, 5.41) is 8.27. The largest absolute Gasteiger partial charge is 0.489 e. The predicted molar refractivity (Wildman–Crippen MR) is 104 cm³/mol. The van der Waals surface area contributed by atoms with Gasteiger partial charge in [-0.3, -0.25) is 0 Å². The van der Waals surface area contributed by atoms with Crippen molar-refractivity contribution >= 4 is 11.6 Å². The van der Waals surface area contributed by atoms with Crippen LogP contribution in [0.25, 0.3) is 5.69 Å². The standard InChI is InChI=1S/C20H21ClN4O2/c1-14(16-3-5-17(6-4-16)25-13-22-12-24-25)23-11-15-9-18(21)20-19(10-15)26-7-2-8-27-20/h3-6,9-10,12-14,23H,2,7-8,11H2,1H3. The molecule has 1 atom stereocenters. The van der Waals surface area contributed by atoms with E-state index in [0.29, 0.717) is 30.5 Å². The maximum Gasteiger partial charge on any atom is 0.179 e. The Morgan fingerprint density at radius 1 is 1.19 bits per heavy atom. The van der Waals surface area contributed by atoms with Crippen molar-refractivity contribution in [2.75, 3.05) is 13.2 Å². The molecule has 0 saturated carbocycles. The number of ether oxygens (including phenoxy) is 2. The molecule has 7 heteroatoms. The molecule has 1 unspecified atom stereocenters. The molecule has 0 radical (unpaired) electrons. The Kier molecular flexibility index (Phi) is 5.27. The number of hydrogen-bond acceptors (Lipinski definition) is 5. The average Bonchev–Trinajstić information content (AvgIpc) is 3.12. The van der Waals surface area contributed by atoms with Crippen LogP contribution in [0.5, 0.6) is 11.5 Å². The van der Waals surface area contributed by atoms with Crippen molar-refractivity contribution in [1.82, 2.24) is 20.1 Å². The third-order valence-corrected chi connectivity index (χ3v) is 4.83. The first-order chi connectivity index (χ1) is 13.2. The molecule has 1 N–H and O–H groups in total. The summed E-state index contributed by atoms with van der Waals surface area (Å²) in [6, 6.07) is 12.4. The van der Waals surface area contributed by atoms with Gasteiger partial charge in [-0.15, -0.1) is 0 Å². The first-order valence-corrected chi connectivity index (χ1v) is 9.35. The predicted octanol–water partition coefficient (Wildman–Crippen LogP) is 3.93. The van der Waals surface area contributed by atoms with E-state index in [0.717, 1.165) is 23.4 Å². The normalized spacial score (nSPS) is 14.6. The average molecular weight is 385 g/mol. The second-order valence-electron chi connectivity index (χ2n) is 6.49. The highest BCUT2D eigenvalue weighted by atomic mass is 35.5. The molecular formula is C20H21ClN4O2. The van der Waals surface area contributed by atoms with Crippen LogP contribution in [0.1, 0.15) is 30.5 Å². The molecule has 0 saturated heterocycles. The van der Waals surface area contributed by atoms with Gasteiger partial charge in [0.05, 0.1) is 23.9 Å². The highest BCUT2D eigenvalue weighted by Crippen LogP contribution is 2.38. The first kappa shape index (κ1) is 17.8. The molecule has 0 aliphatic carbocycles. The molecule has 2 heterocycles. The number of aromatic nitrogens is 3. The Hall–Kier alpha value is -2.57. The van der Waals surface area contributed by atoms with Crippen LogP contribution < -0.4 is 14.8 Å². The summed E-state index contributed by atoms with van der Waals surface area (Å²) < 4.78 is 13.2. The quantitative estimate of drug-likeness (QED) is 0.722. The minimum Gasteiger partial charge on any atom is -0.489 e. The number of nitrogens with one attached hydrogen (secondary N) is 1. The van der Waals surface area contributed by atoms with Crippen LogP contribution in [0, 0.1) is 0 Å². The van der Waals surface area contributed by atoms with Crippen LogP contribution in [0.3, 0.4) is 0 Å². The van der Waals surface area contributed by atoms with Crippen LogP contribution in [0.15, 0.2) is 49.1 Å². The zero-order valence-corrected chi connectivity index (χ0v) is 15.8. The van der Waals surface area contributed by atoms with Crippen molar-refractivity contribution < 1.29 is 9.47 Å². The van der Waals surface area contributed by atoms with Crippen LogP contribution in [0.4, 0.5) is 0 Å². The Morgan fingerprint density at radius 3 is 2.78 bits per heavy atom. The minimum absolute atomic E-state index is 0.185. The molecule has 6 nitrogen and oxygen atoms in total. The molecule has 27 heavy (non-hydrogen) atoms. The van der Waals surface area contributed by atoms with Crippen molar-refractivity contribution in [3.63, 3.8) is 0 Å². The van der Waals surface area contributed by atoms with Crippen molar-refractivity contribution in [2.45, 2.75) is 25.9 Å². The van der Waals surface area contributed by atoms with Crippen molar-refractivity contribution in [3.8, 4) is 17.2 Å². The van der Waals surface area contributed by atoms with E-state index in [1.54, 1.807) is 11.0 Å². The number of hydrogen-bond donors (Lipinski definition) is 1. The number of fused-ring (bicyclic) bond motifs is 1. The van der Waals surface area contributed by atoms with Gasteiger partial charge in [-0.05, 0) is 42.3 Å². The Bertz CT molecular complexity index is 897. The van der Waals surface area contributed by atoms with Crippen molar-refractivity contribution in [3.05, 3.63) is 65.2 Å². The lowest BCUT2D eigenvalue weighted by Crippen LogP contribution is -2.18. The zero-order valence-electron chi connectivity index (χ0n) is 15.1. The van der Waals surface area contributed by atoms with E-state index in [4.69, 9.17) is 21.1 Å². The van der Waals surface area contributed by atoms with Gasteiger partial charge < -0.3 is 14.8 Å². The van der Waals surface area contributed by atoms with E-state index in [1.165, 1.54) is 11.9 Å². The second-order valence-corrected chi connectivity index (χ2v) is 6.90.